The molecule has 15 heteroatoms. The Morgan fingerprint density at radius 1 is 1.21 bits per heavy atom. The zero-order chi connectivity index (χ0) is 28.3. The summed E-state index contributed by atoms with van der Waals surface area (Å²) in [7, 11) is -3.86. The van der Waals surface area contributed by atoms with E-state index in [2.05, 4.69) is 15.5 Å². The highest BCUT2D eigenvalue weighted by atomic mass is 32.2. The molecule has 1 fully saturated rings. The van der Waals surface area contributed by atoms with Gasteiger partial charge in [0.25, 0.3) is 5.56 Å². The van der Waals surface area contributed by atoms with E-state index in [9.17, 15) is 41.4 Å². The van der Waals surface area contributed by atoms with Gasteiger partial charge in [-0.1, -0.05) is 0 Å². The predicted molar refractivity (Wildman–Crippen MR) is 130 cm³/mol. The first-order chi connectivity index (χ1) is 17.8. The number of amides is 1. The van der Waals surface area contributed by atoms with Crippen molar-refractivity contribution < 1.29 is 36.6 Å². The van der Waals surface area contributed by atoms with E-state index in [1.165, 1.54) is 35.5 Å². The lowest BCUT2D eigenvalue weighted by Crippen LogP contribution is -2.40. The number of pyridine rings is 1. The molecule has 1 atom stereocenters. The standard InChI is InChI=1S/C23H28F3N5O6S/c1-14-19(23(24,25)26)20(22(35)31(21(14)34)11-9-27-15(2)33)29-28-17-5-7-18(8-6-17)38(36,37)30-10-3-4-16(12-30)13-32/h5-8,16,32,34H,3-4,9-13H2,1-2H3,(H,27,33). The maximum absolute atomic E-state index is 13.8. The van der Waals surface area contributed by atoms with Crippen LogP contribution >= 0.6 is 0 Å². The van der Waals surface area contributed by atoms with Crippen molar-refractivity contribution in [1.82, 2.24) is 14.2 Å². The smallest absolute Gasteiger partial charge is 0.419 e. The molecular weight excluding hydrogens is 531 g/mol. The van der Waals surface area contributed by atoms with Gasteiger partial charge in [0.1, 0.15) is 0 Å². The molecule has 38 heavy (non-hydrogen) atoms. The summed E-state index contributed by atoms with van der Waals surface area (Å²) in [5, 5.41) is 29.2. The lowest BCUT2D eigenvalue weighted by molar-refractivity contribution is -0.137. The van der Waals surface area contributed by atoms with Crippen LogP contribution in [0, 0.1) is 12.8 Å². The molecule has 1 amide bonds. The molecule has 1 saturated heterocycles. The molecule has 11 nitrogen and oxygen atoms in total. The van der Waals surface area contributed by atoms with E-state index < -0.39 is 50.4 Å². The fraction of sp³-hybridized carbons (Fsp3) is 0.478. The number of carbonyl (C=O) groups excluding carboxylic acids is 1. The fourth-order valence-corrected chi connectivity index (χ4v) is 5.70. The van der Waals surface area contributed by atoms with E-state index in [0.717, 1.165) is 6.92 Å². The summed E-state index contributed by atoms with van der Waals surface area (Å²) in [5.41, 5.74) is -4.44. The van der Waals surface area contributed by atoms with Crippen molar-refractivity contribution >= 4 is 27.3 Å². The lowest BCUT2D eigenvalue weighted by Gasteiger charge is -2.30. The van der Waals surface area contributed by atoms with Gasteiger partial charge in [-0.25, -0.2) is 8.42 Å². The van der Waals surface area contributed by atoms with Crippen molar-refractivity contribution in [2.24, 2.45) is 16.1 Å². The fourth-order valence-electron chi connectivity index (χ4n) is 4.15. The number of azo groups is 1. The molecule has 1 aromatic carbocycles. The van der Waals surface area contributed by atoms with Gasteiger partial charge in [0.05, 0.1) is 16.1 Å². The molecule has 1 unspecified atom stereocenters. The van der Waals surface area contributed by atoms with E-state index in [1.807, 2.05) is 0 Å². The quantitative estimate of drug-likeness (QED) is 0.423. The van der Waals surface area contributed by atoms with E-state index in [4.69, 9.17) is 0 Å². The van der Waals surface area contributed by atoms with Gasteiger partial charge in [-0.05, 0) is 49.9 Å². The first-order valence-electron chi connectivity index (χ1n) is 11.7. The Morgan fingerprint density at radius 3 is 2.45 bits per heavy atom. The van der Waals surface area contributed by atoms with Crippen LogP contribution in [0.1, 0.15) is 30.9 Å². The number of aliphatic hydroxyl groups excluding tert-OH is 1. The number of nitrogens with one attached hydrogen (secondary N) is 1. The molecule has 2 aromatic rings. The van der Waals surface area contributed by atoms with Gasteiger partial charge in [0.2, 0.25) is 15.9 Å². The van der Waals surface area contributed by atoms with Crippen LogP contribution in [-0.2, 0) is 27.5 Å². The summed E-state index contributed by atoms with van der Waals surface area (Å²) >= 11 is 0. The van der Waals surface area contributed by atoms with Crippen LogP contribution in [0.4, 0.5) is 24.5 Å². The van der Waals surface area contributed by atoms with Crippen molar-refractivity contribution in [2.75, 3.05) is 26.2 Å². The van der Waals surface area contributed by atoms with Crippen molar-refractivity contribution in [3.05, 3.63) is 45.7 Å². The summed E-state index contributed by atoms with van der Waals surface area (Å²) in [6.07, 6.45) is -3.72. The topological polar surface area (TPSA) is 154 Å². The number of hydrogen-bond acceptors (Lipinski definition) is 8. The highest BCUT2D eigenvalue weighted by Crippen LogP contribution is 2.40. The van der Waals surface area contributed by atoms with E-state index >= 15 is 0 Å². The second-order valence-corrected chi connectivity index (χ2v) is 10.8. The van der Waals surface area contributed by atoms with Crippen molar-refractivity contribution in [1.29, 1.82) is 0 Å². The third-order valence-corrected chi connectivity index (χ3v) is 8.00. The summed E-state index contributed by atoms with van der Waals surface area (Å²) in [6, 6.07) is 4.93. The summed E-state index contributed by atoms with van der Waals surface area (Å²) in [4.78, 5) is 23.9. The molecule has 2 heterocycles. The second kappa shape index (κ2) is 11.6. The number of sulfonamides is 1. The van der Waals surface area contributed by atoms with Crippen LogP contribution in [-0.4, -0.2) is 59.7 Å². The van der Waals surface area contributed by atoms with E-state index in [1.54, 1.807) is 0 Å². The maximum Gasteiger partial charge on any atom is 0.419 e. The molecule has 3 N–H and O–H groups in total. The number of aliphatic hydroxyl groups is 1. The maximum atomic E-state index is 13.8. The first-order valence-corrected chi connectivity index (χ1v) is 13.1. The predicted octanol–water partition coefficient (Wildman–Crippen LogP) is 2.83. The van der Waals surface area contributed by atoms with Crippen LogP contribution < -0.4 is 10.9 Å². The summed E-state index contributed by atoms with van der Waals surface area (Å²) in [6.45, 7) is 2.10. The Balaban J connectivity index is 1.95. The van der Waals surface area contributed by atoms with Crippen molar-refractivity contribution in [2.45, 2.75) is 44.3 Å². The van der Waals surface area contributed by atoms with Gasteiger partial charge < -0.3 is 15.5 Å². The molecule has 0 spiro atoms. The van der Waals surface area contributed by atoms with E-state index in [0.29, 0.717) is 24.0 Å². The number of aromatic nitrogens is 1. The number of halogens is 3. The number of aromatic hydroxyl groups is 1. The third kappa shape index (κ3) is 6.39. The van der Waals surface area contributed by atoms with Gasteiger partial charge >= 0.3 is 6.18 Å². The number of carbonyl (C=O) groups is 1. The Labute approximate surface area is 216 Å². The van der Waals surface area contributed by atoms with Gasteiger partial charge in [-0.3, -0.25) is 14.2 Å². The number of benzene rings is 1. The highest BCUT2D eigenvalue weighted by Gasteiger charge is 2.39. The number of alkyl halides is 3. The Kier molecular flexibility index (Phi) is 8.94. The zero-order valence-corrected chi connectivity index (χ0v) is 21.5. The van der Waals surface area contributed by atoms with Crippen LogP contribution in [0.25, 0.3) is 0 Å². The highest BCUT2D eigenvalue weighted by molar-refractivity contribution is 7.89. The summed E-state index contributed by atoms with van der Waals surface area (Å²) < 4.78 is 69.2. The second-order valence-electron chi connectivity index (χ2n) is 8.86. The molecule has 0 saturated carbocycles. The molecule has 3 rings (SSSR count). The molecular formula is C23H28F3N5O6S. The molecule has 0 bridgehead atoms. The normalized spacial score (nSPS) is 17.2. The number of hydrogen-bond donors (Lipinski definition) is 3. The minimum absolute atomic E-state index is 0.0149. The Hall–Kier alpha value is -3.30. The number of rotatable bonds is 8. The Morgan fingerprint density at radius 2 is 1.87 bits per heavy atom. The Bertz CT molecular complexity index is 1370. The SMILES string of the molecule is CC(=O)NCCn1c(O)c(C)c(C(F)(F)F)c(N=Nc2ccc(S(=O)(=O)N3CCCC(CO)C3)cc2)c1=O. The number of piperidine rings is 1. The van der Waals surface area contributed by atoms with Gasteiger partial charge in [-0.2, -0.15) is 22.6 Å². The van der Waals surface area contributed by atoms with Crippen LogP contribution in [0.3, 0.4) is 0 Å². The molecule has 1 aliphatic heterocycles. The first kappa shape index (κ1) is 29.3. The average Bonchev–Trinajstić information content (AvgIpc) is 2.86. The largest absolute Gasteiger partial charge is 0.494 e. The minimum atomic E-state index is -5.04. The molecule has 208 valence electrons. The molecule has 1 aromatic heterocycles. The van der Waals surface area contributed by atoms with Crippen LogP contribution in [0.5, 0.6) is 5.88 Å². The lowest BCUT2D eigenvalue weighted by atomic mass is 10.0. The van der Waals surface area contributed by atoms with Gasteiger partial charge in [-0.15, -0.1) is 5.11 Å². The van der Waals surface area contributed by atoms with Gasteiger partial charge in [0.15, 0.2) is 11.6 Å². The van der Waals surface area contributed by atoms with E-state index in [-0.39, 0.29) is 42.7 Å². The summed E-state index contributed by atoms with van der Waals surface area (Å²) in [5.74, 6) is -1.51. The molecule has 1 aliphatic rings. The monoisotopic (exact) mass is 559 g/mol. The minimum Gasteiger partial charge on any atom is -0.494 e. The average molecular weight is 560 g/mol. The van der Waals surface area contributed by atoms with Crippen LogP contribution in [0.15, 0.2) is 44.2 Å². The number of nitrogens with zero attached hydrogens (tertiary/aromatic N) is 4. The third-order valence-electron chi connectivity index (χ3n) is 6.12. The molecule has 0 radical (unpaired) electrons. The zero-order valence-electron chi connectivity index (χ0n) is 20.7. The van der Waals surface area contributed by atoms with Crippen molar-refractivity contribution in [3.63, 3.8) is 0 Å². The van der Waals surface area contributed by atoms with Gasteiger partial charge in [0, 0.05) is 45.3 Å². The van der Waals surface area contributed by atoms with Crippen molar-refractivity contribution in [3.8, 4) is 5.88 Å². The van der Waals surface area contributed by atoms with Crippen LogP contribution in [0.2, 0.25) is 0 Å². The molecule has 0 aliphatic carbocycles.